The van der Waals surface area contributed by atoms with Crippen molar-refractivity contribution >= 4 is 11.7 Å². The van der Waals surface area contributed by atoms with Crippen molar-refractivity contribution in [3.8, 4) is 0 Å². The van der Waals surface area contributed by atoms with Gasteiger partial charge in [-0.1, -0.05) is 0 Å². The zero-order chi connectivity index (χ0) is 11.7. The Morgan fingerprint density at radius 1 is 1.56 bits per heavy atom. The molecule has 1 heterocycles. The van der Waals surface area contributed by atoms with Gasteiger partial charge in [-0.25, -0.2) is 4.39 Å². The summed E-state index contributed by atoms with van der Waals surface area (Å²) in [6.45, 7) is 0.500. The average Bonchev–Trinajstić information content (AvgIpc) is 2.29. The molecule has 0 saturated heterocycles. The molecule has 0 spiro atoms. The van der Waals surface area contributed by atoms with Crippen molar-refractivity contribution in [1.82, 2.24) is 5.32 Å². The molecule has 2 rings (SSSR count). The van der Waals surface area contributed by atoms with E-state index in [2.05, 4.69) is 10.1 Å². The maximum Gasteiger partial charge on any atom is 0.323 e. The molecule has 1 aliphatic heterocycles. The highest BCUT2D eigenvalue weighted by atomic mass is 19.1. The van der Waals surface area contributed by atoms with Crippen molar-refractivity contribution in [2.24, 2.45) is 0 Å². The van der Waals surface area contributed by atoms with E-state index in [0.717, 1.165) is 11.1 Å². The molecule has 86 valence electrons. The van der Waals surface area contributed by atoms with E-state index in [1.165, 1.54) is 13.2 Å². The summed E-state index contributed by atoms with van der Waals surface area (Å²) in [5, 5.41) is 3.02. The van der Waals surface area contributed by atoms with Gasteiger partial charge >= 0.3 is 5.97 Å². The number of anilines is 1. The van der Waals surface area contributed by atoms with Crippen LogP contribution in [0.15, 0.2) is 12.1 Å². The lowest BCUT2D eigenvalue weighted by molar-refractivity contribution is -0.143. The van der Waals surface area contributed by atoms with Gasteiger partial charge in [0.05, 0.1) is 12.8 Å². The first-order valence-electron chi connectivity index (χ1n) is 5.00. The normalized spacial score (nSPS) is 19.0. The first-order chi connectivity index (χ1) is 7.61. The Morgan fingerprint density at radius 3 is 3.00 bits per heavy atom. The Hall–Kier alpha value is -1.62. The topological polar surface area (TPSA) is 64.3 Å². The maximum absolute atomic E-state index is 13.3. The molecule has 5 heteroatoms. The molecular weight excluding hydrogens is 211 g/mol. The monoisotopic (exact) mass is 224 g/mol. The van der Waals surface area contributed by atoms with E-state index in [-0.39, 0.29) is 11.7 Å². The van der Waals surface area contributed by atoms with Gasteiger partial charge in [-0.2, -0.15) is 0 Å². The van der Waals surface area contributed by atoms with Crippen LogP contribution in [0, 0.1) is 5.82 Å². The van der Waals surface area contributed by atoms with Crippen LogP contribution >= 0.6 is 0 Å². The van der Waals surface area contributed by atoms with Gasteiger partial charge in [0.2, 0.25) is 0 Å². The highest BCUT2D eigenvalue weighted by Crippen LogP contribution is 2.22. The molecule has 0 aliphatic carbocycles. The minimum Gasteiger partial charge on any atom is -0.468 e. The van der Waals surface area contributed by atoms with Gasteiger partial charge in [0.25, 0.3) is 0 Å². The number of halogens is 1. The highest BCUT2D eigenvalue weighted by Gasteiger charge is 2.25. The number of esters is 1. The second-order valence-corrected chi connectivity index (χ2v) is 3.80. The Labute approximate surface area is 92.6 Å². The molecule has 1 aromatic carbocycles. The van der Waals surface area contributed by atoms with Crippen LogP contribution in [0.1, 0.15) is 11.1 Å². The molecule has 0 fully saturated rings. The summed E-state index contributed by atoms with van der Waals surface area (Å²) in [5.41, 5.74) is 7.34. The fourth-order valence-electron chi connectivity index (χ4n) is 1.87. The Balaban J connectivity index is 2.27. The summed E-state index contributed by atoms with van der Waals surface area (Å²) < 4.78 is 17.9. The number of hydrogen-bond donors (Lipinski definition) is 2. The number of carbonyl (C=O) groups excluding carboxylic acids is 1. The number of methoxy groups -OCH3 is 1. The molecule has 0 saturated carbocycles. The molecule has 1 unspecified atom stereocenters. The summed E-state index contributed by atoms with van der Waals surface area (Å²) in [6, 6.07) is 2.59. The molecule has 1 aliphatic rings. The molecule has 0 bridgehead atoms. The third-order valence-corrected chi connectivity index (χ3v) is 2.77. The summed E-state index contributed by atoms with van der Waals surface area (Å²) in [7, 11) is 1.34. The van der Waals surface area contributed by atoms with Crippen molar-refractivity contribution in [3.05, 3.63) is 29.1 Å². The van der Waals surface area contributed by atoms with Crippen LogP contribution in [-0.2, 0) is 22.5 Å². The smallest absolute Gasteiger partial charge is 0.323 e. The Bertz CT molecular complexity index is 434. The van der Waals surface area contributed by atoms with Crippen LogP contribution in [0.3, 0.4) is 0 Å². The van der Waals surface area contributed by atoms with Crippen LogP contribution in [-0.4, -0.2) is 19.1 Å². The van der Waals surface area contributed by atoms with E-state index in [0.29, 0.717) is 13.0 Å². The van der Waals surface area contributed by atoms with Crippen LogP contribution < -0.4 is 11.1 Å². The fraction of sp³-hybridized carbons (Fsp3) is 0.364. The van der Waals surface area contributed by atoms with E-state index in [1.54, 1.807) is 6.07 Å². The lowest BCUT2D eigenvalue weighted by atomic mass is 9.95. The molecule has 3 N–H and O–H groups in total. The zero-order valence-corrected chi connectivity index (χ0v) is 8.92. The number of ether oxygens (including phenoxy) is 1. The SMILES string of the molecule is COC(=O)C1Cc2cc(F)c(N)cc2CN1. The van der Waals surface area contributed by atoms with Crippen LogP contribution in [0.4, 0.5) is 10.1 Å². The van der Waals surface area contributed by atoms with Crippen molar-refractivity contribution in [2.45, 2.75) is 19.0 Å². The number of carbonyl (C=O) groups is 1. The molecule has 0 aromatic heterocycles. The summed E-state index contributed by atoms with van der Waals surface area (Å²) in [5.74, 6) is -0.771. The second-order valence-electron chi connectivity index (χ2n) is 3.80. The summed E-state index contributed by atoms with van der Waals surface area (Å²) in [4.78, 5) is 11.3. The zero-order valence-electron chi connectivity index (χ0n) is 8.92. The van der Waals surface area contributed by atoms with E-state index < -0.39 is 11.9 Å². The van der Waals surface area contributed by atoms with Crippen LogP contribution in [0.2, 0.25) is 0 Å². The van der Waals surface area contributed by atoms with Crippen molar-refractivity contribution in [1.29, 1.82) is 0 Å². The number of fused-ring (bicyclic) bond motifs is 1. The molecule has 1 aromatic rings. The Kier molecular flexibility index (Phi) is 2.78. The molecule has 1 atom stereocenters. The van der Waals surface area contributed by atoms with Gasteiger partial charge in [-0.05, 0) is 29.7 Å². The first-order valence-corrected chi connectivity index (χ1v) is 5.00. The predicted molar refractivity (Wildman–Crippen MR) is 57.2 cm³/mol. The number of benzene rings is 1. The quantitative estimate of drug-likeness (QED) is 0.541. The van der Waals surface area contributed by atoms with Crippen LogP contribution in [0.5, 0.6) is 0 Å². The molecular formula is C11H13FN2O2. The minimum absolute atomic E-state index is 0.136. The van der Waals surface area contributed by atoms with E-state index in [4.69, 9.17) is 5.73 Å². The van der Waals surface area contributed by atoms with Gasteiger partial charge in [0.1, 0.15) is 11.9 Å². The number of nitrogens with one attached hydrogen (secondary N) is 1. The second kappa shape index (κ2) is 4.09. The van der Waals surface area contributed by atoms with Crippen molar-refractivity contribution in [3.63, 3.8) is 0 Å². The Morgan fingerprint density at radius 2 is 2.31 bits per heavy atom. The number of rotatable bonds is 1. The number of nitrogens with two attached hydrogens (primary N) is 1. The average molecular weight is 224 g/mol. The molecule has 0 amide bonds. The largest absolute Gasteiger partial charge is 0.468 e. The maximum atomic E-state index is 13.3. The van der Waals surface area contributed by atoms with Gasteiger partial charge in [-0.3, -0.25) is 4.79 Å². The highest BCUT2D eigenvalue weighted by molar-refractivity contribution is 5.76. The lowest BCUT2D eigenvalue weighted by Gasteiger charge is -2.24. The molecule has 4 nitrogen and oxygen atoms in total. The van der Waals surface area contributed by atoms with Crippen LogP contribution in [0.25, 0.3) is 0 Å². The summed E-state index contributed by atoms with van der Waals surface area (Å²) >= 11 is 0. The van der Waals surface area contributed by atoms with Crippen molar-refractivity contribution in [2.75, 3.05) is 12.8 Å². The predicted octanol–water partition coefficient (Wildman–Crippen LogP) is 0.595. The standard InChI is InChI=1S/C11H13FN2O2/c1-16-11(15)10-4-6-2-8(12)9(13)3-7(6)5-14-10/h2-3,10,14H,4-5,13H2,1H3. The molecule has 16 heavy (non-hydrogen) atoms. The third kappa shape index (κ3) is 1.86. The molecule has 0 radical (unpaired) electrons. The number of nitrogen functional groups attached to an aromatic ring is 1. The van der Waals surface area contributed by atoms with Crippen molar-refractivity contribution < 1.29 is 13.9 Å². The fourth-order valence-corrected chi connectivity index (χ4v) is 1.87. The van der Waals surface area contributed by atoms with Gasteiger partial charge in [0.15, 0.2) is 0 Å². The minimum atomic E-state index is -0.440. The first kappa shape index (κ1) is 10.9. The number of hydrogen-bond acceptors (Lipinski definition) is 4. The van der Waals surface area contributed by atoms with E-state index in [1.807, 2.05) is 0 Å². The summed E-state index contributed by atoms with van der Waals surface area (Å²) in [6.07, 6.45) is 0.430. The van der Waals surface area contributed by atoms with Gasteiger partial charge in [0, 0.05) is 6.54 Å². The van der Waals surface area contributed by atoms with E-state index in [9.17, 15) is 9.18 Å². The third-order valence-electron chi connectivity index (χ3n) is 2.77. The van der Waals surface area contributed by atoms with Gasteiger partial charge in [-0.15, -0.1) is 0 Å². The lowest BCUT2D eigenvalue weighted by Crippen LogP contribution is -2.42. The van der Waals surface area contributed by atoms with E-state index >= 15 is 0 Å². The van der Waals surface area contributed by atoms with Gasteiger partial charge < -0.3 is 15.8 Å².